The monoisotopic (exact) mass is 258 g/mol. The first-order valence-electron chi connectivity index (χ1n) is 7.95. The molecule has 1 aromatic rings. The summed E-state index contributed by atoms with van der Waals surface area (Å²) in [4.78, 5) is 2.65. The van der Waals surface area contributed by atoms with Crippen LogP contribution in [0.3, 0.4) is 0 Å². The van der Waals surface area contributed by atoms with Gasteiger partial charge in [0.15, 0.2) is 0 Å². The second-order valence-corrected chi connectivity index (χ2v) is 5.95. The standard InChI is InChI=1S/C17H26N2/c1-2-17(19-11-9-18-10-12-19)16-8-7-14-5-3-4-6-15(14)13-16/h7-8,13,17-18H,2-6,9-12H2,1H3. The highest BCUT2D eigenvalue weighted by Gasteiger charge is 2.21. The van der Waals surface area contributed by atoms with E-state index in [4.69, 9.17) is 0 Å². The molecule has 1 N–H and O–H groups in total. The van der Waals surface area contributed by atoms with E-state index in [-0.39, 0.29) is 0 Å². The maximum absolute atomic E-state index is 3.45. The molecule has 1 aliphatic heterocycles. The summed E-state index contributed by atoms with van der Waals surface area (Å²) in [6.45, 7) is 6.99. The van der Waals surface area contributed by atoms with E-state index in [9.17, 15) is 0 Å². The molecule has 2 aliphatic rings. The van der Waals surface area contributed by atoms with Gasteiger partial charge in [-0.1, -0.05) is 25.1 Å². The lowest BCUT2D eigenvalue weighted by Gasteiger charge is -2.35. The third-order valence-corrected chi connectivity index (χ3v) is 4.74. The Morgan fingerprint density at radius 1 is 1.11 bits per heavy atom. The van der Waals surface area contributed by atoms with Gasteiger partial charge < -0.3 is 5.32 Å². The van der Waals surface area contributed by atoms with Gasteiger partial charge in [-0.3, -0.25) is 4.90 Å². The van der Waals surface area contributed by atoms with Gasteiger partial charge in [0.05, 0.1) is 0 Å². The van der Waals surface area contributed by atoms with Gasteiger partial charge in [-0.25, -0.2) is 0 Å². The Kier molecular flexibility index (Phi) is 4.19. The minimum atomic E-state index is 0.620. The van der Waals surface area contributed by atoms with Crippen molar-refractivity contribution in [3.63, 3.8) is 0 Å². The first-order valence-corrected chi connectivity index (χ1v) is 7.95. The molecule has 1 unspecified atom stereocenters. The molecule has 1 fully saturated rings. The van der Waals surface area contributed by atoms with Crippen molar-refractivity contribution in [3.8, 4) is 0 Å². The van der Waals surface area contributed by atoms with Crippen LogP contribution < -0.4 is 5.32 Å². The summed E-state index contributed by atoms with van der Waals surface area (Å²) >= 11 is 0. The number of benzene rings is 1. The van der Waals surface area contributed by atoms with Crippen LogP contribution in [0.2, 0.25) is 0 Å². The molecule has 19 heavy (non-hydrogen) atoms. The largest absolute Gasteiger partial charge is 0.314 e. The highest BCUT2D eigenvalue weighted by atomic mass is 15.2. The molecular formula is C17H26N2. The quantitative estimate of drug-likeness (QED) is 0.897. The minimum absolute atomic E-state index is 0.620. The average Bonchev–Trinajstić information content (AvgIpc) is 2.49. The van der Waals surface area contributed by atoms with Gasteiger partial charge in [-0.05, 0) is 48.8 Å². The van der Waals surface area contributed by atoms with Crippen molar-refractivity contribution in [3.05, 3.63) is 34.9 Å². The van der Waals surface area contributed by atoms with E-state index in [1.807, 2.05) is 0 Å². The van der Waals surface area contributed by atoms with Gasteiger partial charge in [0.1, 0.15) is 0 Å². The van der Waals surface area contributed by atoms with E-state index in [2.05, 4.69) is 35.3 Å². The number of piperazine rings is 1. The van der Waals surface area contributed by atoms with Gasteiger partial charge in [0.2, 0.25) is 0 Å². The van der Waals surface area contributed by atoms with Gasteiger partial charge in [-0.15, -0.1) is 0 Å². The highest BCUT2D eigenvalue weighted by molar-refractivity contribution is 5.35. The van der Waals surface area contributed by atoms with Crippen LogP contribution in [-0.4, -0.2) is 31.1 Å². The van der Waals surface area contributed by atoms with Crippen LogP contribution >= 0.6 is 0 Å². The second-order valence-electron chi connectivity index (χ2n) is 5.95. The fourth-order valence-corrected chi connectivity index (χ4v) is 3.66. The molecule has 1 atom stereocenters. The van der Waals surface area contributed by atoms with Crippen molar-refractivity contribution >= 4 is 0 Å². The number of aryl methyl sites for hydroxylation is 2. The predicted octanol–water partition coefficient (Wildman–Crippen LogP) is 2.92. The molecule has 0 saturated carbocycles. The van der Waals surface area contributed by atoms with Crippen molar-refractivity contribution in [2.24, 2.45) is 0 Å². The Bertz CT molecular complexity index is 421. The number of hydrogen-bond donors (Lipinski definition) is 1. The predicted molar refractivity (Wildman–Crippen MR) is 80.6 cm³/mol. The first-order chi connectivity index (χ1) is 9.38. The fraction of sp³-hybridized carbons (Fsp3) is 0.647. The Morgan fingerprint density at radius 3 is 2.58 bits per heavy atom. The molecule has 104 valence electrons. The van der Waals surface area contributed by atoms with Crippen LogP contribution in [0.4, 0.5) is 0 Å². The zero-order valence-electron chi connectivity index (χ0n) is 12.1. The number of rotatable bonds is 3. The summed E-state index contributed by atoms with van der Waals surface area (Å²) in [5, 5.41) is 3.45. The lowest BCUT2D eigenvalue weighted by Crippen LogP contribution is -2.45. The van der Waals surface area contributed by atoms with E-state index < -0.39 is 0 Å². The molecule has 0 amide bonds. The van der Waals surface area contributed by atoms with E-state index >= 15 is 0 Å². The van der Waals surface area contributed by atoms with Gasteiger partial charge in [0.25, 0.3) is 0 Å². The van der Waals surface area contributed by atoms with Crippen LogP contribution in [0.25, 0.3) is 0 Å². The normalized spacial score (nSPS) is 21.9. The van der Waals surface area contributed by atoms with Gasteiger partial charge in [0, 0.05) is 32.2 Å². The molecule has 1 heterocycles. The summed E-state index contributed by atoms with van der Waals surface area (Å²) in [6, 6.07) is 7.91. The van der Waals surface area contributed by atoms with Crippen molar-refractivity contribution in [2.75, 3.05) is 26.2 Å². The topological polar surface area (TPSA) is 15.3 Å². The first kappa shape index (κ1) is 13.1. The smallest absolute Gasteiger partial charge is 0.0346 e. The van der Waals surface area contributed by atoms with Crippen LogP contribution in [-0.2, 0) is 12.8 Å². The fourth-order valence-electron chi connectivity index (χ4n) is 3.66. The zero-order valence-corrected chi connectivity index (χ0v) is 12.1. The van der Waals surface area contributed by atoms with Crippen molar-refractivity contribution in [1.29, 1.82) is 0 Å². The summed E-state index contributed by atoms with van der Waals surface area (Å²) in [7, 11) is 0. The van der Waals surface area contributed by atoms with Crippen molar-refractivity contribution in [2.45, 2.75) is 45.1 Å². The summed E-state index contributed by atoms with van der Waals surface area (Å²) in [6.07, 6.45) is 6.56. The highest BCUT2D eigenvalue weighted by Crippen LogP contribution is 2.29. The zero-order chi connectivity index (χ0) is 13.1. The maximum Gasteiger partial charge on any atom is 0.0346 e. The third-order valence-electron chi connectivity index (χ3n) is 4.74. The number of fused-ring (bicyclic) bond motifs is 1. The van der Waals surface area contributed by atoms with E-state index in [0.29, 0.717) is 6.04 Å². The van der Waals surface area contributed by atoms with Crippen LogP contribution in [0.15, 0.2) is 18.2 Å². The minimum Gasteiger partial charge on any atom is -0.314 e. The average molecular weight is 258 g/mol. The molecule has 2 heteroatoms. The van der Waals surface area contributed by atoms with Gasteiger partial charge in [-0.2, -0.15) is 0 Å². The van der Waals surface area contributed by atoms with Crippen LogP contribution in [0, 0.1) is 0 Å². The lowest BCUT2D eigenvalue weighted by atomic mass is 9.88. The second kappa shape index (κ2) is 6.06. The SMILES string of the molecule is CCC(c1ccc2c(c1)CCCC2)N1CCNCC1. The Labute approximate surface area is 117 Å². The summed E-state index contributed by atoms with van der Waals surface area (Å²) < 4.78 is 0. The van der Waals surface area contributed by atoms with E-state index in [1.165, 1.54) is 45.2 Å². The molecule has 0 spiro atoms. The molecule has 1 aromatic carbocycles. The summed E-state index contributed by atoms with van der Waals surface area (Å²) in [5.41, 5.74) is 4.77. The third kappa shape index (κ3) is 2.85. The molecule has 3 rings (SSSR count). The Balaban J connectivity index is 1.82. The number of nitrogens with one attached hydrogen (secondary N) is 1. The molecule has 0 aromatic heterocycles. The Hall–Kier alpha value is -0.860. The molecule has 1 saturated heterocycles. The number of nitrogens with zero attached hydrogens (tertiary/aromatic N) is 1. The van der Waals surface area contributed by atoms with Crippen LogP contribution in [0.1, 0.15) is 48.9 Å². The van der Waals surface area contributed by atoms with E-state index in [0.717, 1.165) is 13.1 Å². The Morgan fingerprint density at radius 2 is 1.84 bits per heavy atom. The molecular weight excluding hydrogens is 232 g/mol. The molecule has 0 radical (unpaired) electrons. The van der Waals surface area contributed by atoms with Gasteiger partial charge >= 0.3 is 0 Å². The molecule has 2 nitrogen and oxygen atoms in total. The van der Waals surface area contributed by atoms with E-state index in [1.54, 1.807) is 16.7 Å². The molecule has 1 aliphatic carbocycles. The lowest BCUT2D eigenvalue weighted by molar-refractivity contribution is 0.169. The maximum atomic E-state index is 3.45. The molecule has 0 bridgehead atoms. The van der Waals surface area contributed by atoms with Crippen molar-refractivity contribution in [1.82, 2.24) is 10.2 Å². The van der Waals surface area contributed by atoms with Crippen LogP contribution in [0.5, 0.6) is 0 Å². The number of hydrogen-bond acceptors (Lipinski definition) is 2. The van der Waals surface area contributed by atoms with Crippen molar-refractivity contribution < 1.29 is 0 Å². The summed E-state index contributed by atoms with van der Waals surface area (Å²) in [5.74, 6) is 0.